The van der Waals surface area contributed by atoms with Gasteiger partial charge in [0.25, 0.3) is 0 Å². The fourth-order valence-electron chi connectivity index (χ4n) is 2.30. The maximum atomic E-state index is 10.3. The molecule has 0 spiro atoms. The summed E-state index contributed by atoms with van der Waals surface area (Å²) in [5, 5.41) is 18.3. The Morgan fingerprint density at radius 2 is 1.96 bits per heavy atom. The summed E-state index contributed by atoms with van der Waals surface area (Å²) in [6.45, 7) is 2.13. The molecule has 0 saturated carbocycles. The van der Waals surface area contributed by atoms with Gasteiger partial charge < -0.3 is 14.9 Å². The average Bonchev–Trinajstić information content (AvgIpc) is 3.31. The Labute approximate surface area is 145 Å². The molecule has 0 amide bonds. The number of rotatable bonds is 13. The Bertz CT molecular complexity index is 462. The number of carboxylic acid groups (broad SMARTS) is 1. The van der Waals surface area contributed by atoms with Crippen LogP contribution in [0.25, 0.3) is 0 Å². The summed E-state index contributed by atoms with van der Waals surface area (Å²) in [6.07, 6.45) is 21.2. The number of allylic oxidation sites excluding steroid dienone is 5. The lowest BCUT2D eigenvalue weighted by atomic mass is 10.1. The van der Waals surface area contributed by atoms with Gasteiger partial charge in [-0.2, -0.15) is 0 Å². The molecular weight excluding hydrogens is 304 g/mol. The molecule has 134 valence electrons. The molecule has 0 unspecified atom stereocenters. The van der Waals surface area contributed by atoms with E-state index in [4.69, 9.17) is 9.84 Å². The molecule has 0 aromatic rings. The summed E-state index contributed by atoms with van der Waals surface area (Å²) in [6, 6.07) is 0. The highest BCUT2D eigenvalue weighted by atomic mass is 16.6. The van der Waals surface area contributed by atoms with Crippen LogP contribution in [0.1, 0.15) is 51.9 Å². The van der Waals surface area contributed by atoms with Crippen LogP contribution >= 0.6 is 0 Å². The largest absolute Gasteiger partial charge is 0.481 e. The zero-order valence-corrected chi connectivity index (χ0v) is 14.5. The standard InChI is InChI=1S/C20H30O4/c1-2-18-19(24-18)15-12-11-14-17(21)13-9-7-5-3-4-6-8-10-16-20(22)23/h4-7,9,11-13,17-19,21H,2-3,8,10,14-16H2,1H3,(H,22,23)/b6-4-,7-5-,12-11-,13-9+/t17-,18+,19-/m0/s1. The molecule has 1 fully saturated rings. The van der Waals surface area contributed by atoms with Crippen molar-refractivity contribution in [3.8, 4) is 0 Å². The number of aliphatic carboxylic acids is 1. The molecule has 24 heavy (non-hydrogen) atoms. The second-order valence-electron chi connectivity index (χ2n) is 5.94. The molecule has 1 aliphatic heterocycles. The molecule has 1 aliphatic rings. The Kier molecular flexibility index (Phi) is 10.8. The van der Waals surface area contributed by atoms with Crippen molar-refractivity contribution in [1.29, 1.82) is 0 Å². The summed E-state index contributed by atoms with van der Waals surface area (Å²) in [5.41, 5.74) is 0. The Balaban J connectivity index is 2.01. The SMILES string of the molecule is CC[C@H]1O[C@H]1C/C=C\C[C@@H](O)/C=C/C=C\C/C=C\CCCC(=O)O. The lowest BCUT2D eigenvalue weighted by Crippen LogP contribution is -1.99. The van der Waals surface area contributed by atoms with E-state index in [2.05, 4.69) is 13.0 Å². The lowest BCUT2D eigenvalue weighted by molar-refractivity contribution is -0.137. The predicted octanol–water partition coefficient (Wildman–Crippen LogP) is 4.17. The van der Waals surface area contributed by atoms with Crippen molar-refractivity contribution >= 4 is 5.97 Å². The number of unbranched alkanes of at least 4 members (excludes halogenated alkanes) is 1. The van der Waals surface area contributed by atoms with E-state index >= 15 is 0 Å². The highest BCUT2D eigenvalue weighted by molar-refractivity contribution is 5.66. The van der Waals surface area contributed by atoms with Gasteiger partial charge in [-0.15, -0.1) is 0 Å². The van der Waals surface area contributed by atoms with Crippen molar-refractivity contribution in [1.82, 2.24) is 0 Å². The van der Waals surface area contributed by atoms with Gasteiger partial charge in [0.2, 0.25) is 0 Å². The molecule has 4 heteroatoms. The zero-order valence-electron chi connectivity index (χ0n) is 14.5. The van der Waals surface area contributed by atoms with Gasteiger partial charge >= 0.3 is 5.97 Å². The Hall–Kier alpha value is -1.65. The molecule has 1 heterocycles. The van der Waals surface area contributed by atoms with Gasteiger partial charge in [-0.25, -0.2) is 0 Å². The molecule has 0 aromatic carbocycles. The van der Waals surface area contributed by atoms with Gasteiger partial charge in [0.05, 0.1) is 18.3 Å². The monoisotopic (exact) mass is 334 g/mol. The molecule has 0 aromatic heterocycles. The molecule has 4 nitrogen and oxygen atoms in total. The van der Waals surface area contributed by atoms with Crippen LogP contribution in [-0.4, -0.2) is 34.5 Å². The number of ether oxygens (including phenoxy) is 1. The summed E-state index contributed by atoms with van der Waals surface area (Å²) in [5.74, 6) is -0.743. The van der Waals surface area contributed by atoms with Crippen molar-refractivity contribution < 1.29 is 19.7 Å². The number of hydrogen-bond acceptors (Lipinski definition) is 3. The second kappa shape index (κ2) is 12.7. The first-order valence-electron chi connectivity index (χ1n) is 8.82. The van der Waals surface area contributed by atoms with E-state index in [9.17, 15) is 9.90 Å². The number of epoxide rings is 1. The second-order valence-corrected chi connectivity index (χ2v) is 5.94. The highest BCUT2D eigenvalue weighted by Crippen LogP contribution is 2.28. The molecule has 1 saturated heterocycles. The van der Waals surface area contributed by atoms with Gasteiger partial charge in [-0.05, 0) is 38.5 Å². The maximum absolute atomic E-state index is 10.3. The van der Waals surface area contributed by atoms with Gasteiger partial charge in [0, 0.05) is 6.42 Å². The van der Waals surface area contributed by atoms with Crippen LogP contribution in [0.5, 0.6) is 0 Å². The van der Waals surface area contributed by atoms with Gasteiger partial charge in [-0.3, -0.25) is 4.79 Å². The van der Waals surface area contributed by atoms with E-state index in [-0.39, 0.29) is 6.42 Å². The van der Waals surface area contributed by atoms with Crippen LogP contribution in [-0.2, 0) is 9.53 Å². The Morgan fingerprint density at radius 3 is 2.67 bits per heavy atom. The summed E-state index contributed by atoms with van der Waals surface area (Å²) < 4.78 is 5.45. The molecule has 0 bridgehead atoms. The van der Waals surface area contributed by atoms with E-state index in [1.807, 2.05) is 36.5 Å². The molecule has 0 radical (unpaired) electrons. The fourth-order valence-corrected chi connectivity index (χ4v) is 2.30. The summed E-state index contributed by atoms with van der Waals surface area (Å²) in [4.78, 5) is 10.3. The first-order chi connectivity index (χ1) is 11.6. The van der Waals surface area contributed by atoms with Crippen LogP contribution in [0.15, 0.2) is 48.6 Å². The van der Waals surface area contributed by atoms with E-state index in [1.54, 1.807) is 6.08 Å². The zero-order chi connectivity index (χ0) is 17.6. The number of aliphatic hydroxyl groups excluding tert-OH is 1. The summed E-state index contributed by atoms with van der Waals surface area (Å²) in [7, 11) is 0. The third kappa shape index (κ3) is 11.0. The molecule has 1 rings (SSSR count). The van der Waals surface area contributed by atoms with E-state index in [1.165, 1.54) is 0 Å². The molecule has 3 atom stereocenters. The topological polar surface area (TPSA) is 70.1 Å². The minimum Gasteiger partial charge on any atom is -0.481 e. The van der Waals surface area contributed by atoms with E-state index in [0.717, 1.165) is 25.7 Å². The quantitative estimate of drug-likeness (QED) is 0.229. The number of aliphatic hydroxyl groups is 1. The van der Waals surface area contributed by atoms with Gasteiger partial charge in [0.1, 0.15) is 0 Å². The molecule has 2 N–H and O–H groups in total. The number of hydrogen-bond donors (Lipinski definition) is 2. The van der Waals surface area contributed by atoms with Crippen LogP contribution < -0.4 is 0 Å². The van der Waals surface area contributed by atoms with E-state index in [0.29, 0.717) is 25.0 Å². The minimum atomic E-state index is -0.743. The predicted molar refractivity (Wildman–Crippen MR) is 96.9 cm³/mol. The first kappa shape index (κ1) is 20.4. The van der Waals surface area contributed by atoms with Crippen LogP contribution in [0, 0.1) is 0 Å². The van der Waals surface area contributed by atoms with Crippen molar-refractivity contribution in [3.63, 3.8) is 0 Å². The minimum absolute atomic E-state index is 0.224. The third-order valence-electron chi connectivity index (χ3n) is 3.78. The van der Waals surface area contributed by atoms with Crippen LogP contribution in [0.3, 0.4) is 0 Å². The molecule has 0 aliphatic carbocycles. The van der Waals surface area contributed by atoms with Gasteiger partial charge in [-0.1, -0.05) is 55.5 Å². The van der Waals surface area contributed by atoms with Crippen LogP contribution in [0.2, 0.25) is 0 Å². The summed E-state index contributed by atoms with van der Waals surface area (Å²) >= 11 is 0. The van der Waals surface area contributed by atoms with Crippen molar-refractivity contribution in [2.75, 3.05) is 0 Å². The fraction of sp³-hybridized carbons (Fsp3) is 0.550. The smallest absolute Gasteiger partial charge is 0.303 e. The number of carbonyl (C=O) groups is 1. The van der Waals surface area contributed by atoms with Crippen LogP contribution in [0.4, 0.5) is 0 Å². The normalized spacial score (nSPS) is 22.2. The first-order valence-corrected chi connectivity index (χ1v) is 8.82. The average molecular weight is 334 g/mol. The van der Waals surface area contributed by atoms with Crippen molar-refractivity contribution in [2.24, 2.45) is 0 Å². The highest BCUT2D eigenvalue weighted by Gasteiger charge is 2.35. The van der Waals surface area contributed by atoms with E-state index < -0.39 is 12.1 Å². The third-order valence-corrected chi connectivity index (χ3v) is 3.78. The van der Waals surface area contributed by atoms with Crippen molar-refractivity contribution in [3.05, 3.63) is 48.6 Å². The number of carboxylic acids is 1. The lowest BCUT2D eigenvalue weighted by Gasteiger charge is -1.98. The maximum Gasteiger partial charge on any atom is 0.303 e. The van der Waals surface area contributed by atoms with Crippen molar-refractivity contribution in [2.45, 2.75) is 70.2 Å². The van der Waals surface area contributed by atoms with Gasteiger partial charge in [0.15, 0.2) is 0 Å². The molecular formula is C20H30O4. The Morgan fingerprint density at radius 1 is 1.12 bits per heavy atom.